The van der Waals surface area contributed by atoms with E-state index in [1.165, 1.54) is 47.3 Å². The van der Waals surface area contributed by atoms with Gasteiger partial charge in [-0.25, -0.2) is 4.68 Å². The number of nitrogens with zero attached hydrogens (tertiary/aromatic N) is 5. The first-order valence-corrected chi connectivity index (χ1v) is 13.4. The number of pyridine rings is 1. The van der Waals surface area contributed by atoms with E-state index in [2.05, 4.69) is 20.3 Å². The molecule has 0 aliphatic carbocycles. The van der Waals surface area contributed by atoms with E-state index in [4.69, 9.17) is 4.55 Å². The van der Waals surface area contributed by atoms with Crippen LogP contribution >= 0.6 is 0 Å². The van der Waals surface area contributed by atoms with Crippen molar-refractivity contribution in [3.63, 3.8) is 0 Å². The van der Waals surface area contributed by atoms with Gasteiger partial charge in [-0.05, 0) is 60.2 Å². The van der Waals surface area contributed by atoms with Gasteiger partial charge in [0, 0.05) is 17.7 Å². The Bertz CT molecular complexity index is 1930. The highest BCUT2D eigenvalue weighted by molar-refractivity contribution is 7.85. The van der Waals surface area contributed by atoms with Crippen LogP contribution in [-0.2, 0) is 10.1 Å². The summed E-state index contributed by atoms with van der Waals surface area (Å²) in [6, 6.07) is 23.6. The lowest BCUT2D eigenvalue weighted by molar-refractivity contribution is -0.384. The van der Waals surface area contributed by atoms with E-state index >= 15 is 0 Å². The second-order valence-corrected chi connectivity index (χ2v) is 10.1. The second kappa shape index (κ2) is 11.3. The monoisotopic (exact) mass is 568 g/mol. The molecule has 41 heavy (non-hydrogen) atoms. The molecule has 204 valence electrons. The molecule has 5 rings (SSSR count). The maximum atomic E-state index is 13.5. The SMILES string of the molecule is O=c1c(N=Nc2ccc(S(=O)(=O)O)cc2)c(-c2ccc([N+](=O)[O-])cc2)[nH]n1-c1ccc(/C=C/c2ccccc2)nc1. The molecule has 2 aromatic heterocycles. The first-order valence-electron chi connectivity index (χ1n) is 12.0. The molecule has 0 atom stereocenters. The van der Waals surface area contributed by atoms with Crippen molar-refractivity contribution in [2.75, 3.05) is 0 Å². The fourth-order valence-corrected chi connectivity index (χ4v) is 4.30. The molecular weight excluding hydrogens is 548 g/mol. The van der Waals surface area contributed by atoms with Gasteiger partial charge < -0.3 is 0 Å². The average Bonchev–Trinajstić information content (AvgIpc) is 3.31. The Morgan fingerprint density at radius 3 is 2.22 bits per heavy atom. The van der Waals surface area contributed by atoms with Gasteiger partial charge in [0.2, 0.25) is 0 Å². The zero-order chi connectivity index (χ0) is 29.0. The van der Waals surface area contributed by atoms with Gasteiger partial charge in [0.15, 0.2) is 5.69 Å². The molecule has 0 amide bonds. The number of azo groups is 1. The number of nitro groups is 1. The van der Waals surface area contributed by atoms with E-state index in [9.17, 15) is 23.3 Å². The third-order valence-corrected chi connectivity index (χ3v) is 6.78. The molecule has 12 nitrogen and oxygen atoms in total. The molecule has 2 N–H and O–H groups in total. The van der Waals surface area contributed by atoms with Crippen LogP contribution in [0.3, 0.4) is 0 Å². The molecule has 13 heteroatoms. The van der Waals surface area contributed by atoms with E-state index in [1.807, 2.05) is 42.5 Å². The van der Waals surface area contributed by atoms with Gasteiger partial charge in [0.05, 0.1) is 38.8 Å². The largest absolute Gasteiger partial charge is 0.299 e. The highest BCUT2D eigenvalue weighted by atomic mass is 32.2. The zero-order valence-corrected chi connectivity index (χ0v) is 21.8. The number of hydrogen-bond donors (Lipinski definition) is 2. The number of aromatic amines is 1. The highest BCUT2D eigenvalue weighted by Gasteiger charge is 2.18. The van der Waals surface area contributed by atoms with Crippen molar-refractivity contribution in [3.8, 4) is 16.9 Å². The molecule has 0 unspecified atom stereocenters. The molecule has 3 aromatic carbocycles. The van der Waals surface area contributed by atoms with Gasteiger partial charge in [-0.1, -0.05) is 36.4 Å². The quantitative estimate of drug-likeness (QED) is 0.100. The van der Waals surface area contributed by atoms with E-state index in [0.29, 0.717) is 16.9 Å². The summed E-state index contributed by atoms with van der Waals surface area (Å²) in [5.74, 6) is 0. The van der Waals surface area contributed by atoms with E-state index in [1.54, 1.807) is 12.1 Å². The summed E-state index contributed by atoms with van der Waals surface area (Å²) in [6.45, 7) is 0. The molecule has 0 spiro atoms. The van der Waals surface area contributed by atoms with Crippen molar-refractivity contribution in [3.05, 3.63) is 129 Å². The minimum absolute atomic E-state index is 0.0919. The van der Waals surface area contributed by atoms with Crippen LogP contribution in [-0.4, -0.2) is 32.7 Å². The van der Waals surface area contributed by atoms with Crippen LogP contribution in [0.5, 0.6) is 0 Å². The number of rotatable bonds is 8. The van der Waals surface area contributed by atoms with Crippen LogP contribution in [0, 0.1) is 10.1 Å². The van der Waals surface area contributed by atoms with Crippen molar-refractivity contribution in [2.45, 2.75) is 4.90 Å². The number of nitrogens with one attached hydrogen (secondary N) is 1. The van der Waals surface area contributed by atoms with Crippen LogP contribution in [0.2, 0.25) is 0 Å². The Kier molecular flexibility index (Phi) is 7.45. The van der Waals surface area contributed by atoms with Crippen molar-refractivity contribution in [1.29, 1.82) is 0 Å². The molecular formula is C28H20N6O6S. The van der Waals surface area contributed by atoms with E-state index in [0.717, 1.165) is 17.7 Å². The van der Waals surface area contributed by atoms with Crippen molar-refractivity contribution in [2.24, 2.45) is 10.2 Å². The van der Waals surface area contributed by atoms with Crippen LogP contribution in [0.1, 0.15) is 11.3 Å². The topological polar surface area (TPSA) is 173 Å². The van der Waals surface area contributed by atoms with Crippen LogP contribution in [0.15, 0.2) is 117 Å². The van der Waals surface area contributed by atoms with Crippen LogP contribution in [0.25, 0.3) is 29.1 Å². The Morgan fingerprint density at radius 1 is 0.902 bits per heavy atom. The minimum Gasteiger partial charge on any atom is -0.288 e. The fourth-order valence-electron chi connectivity index (χ4n) is 3.82. The Balaban J connectivity index is 1.52. The number of nitro benzene ring substituents is 1. The van der Waals surface area contributed by atoms with Crippen molar-refractivity contribution in [1.82, 2.24) is 14.8 Å². The molecule has 0 bridgehead atoms. The zero-order valence-electron chi connectivity index (χ0n) is 21.0. The fraction of sp³-hybridized carbons (Fsp3) is 0. The highest BCUT2D eigenvalue weighted by Crippen LogP contribution is 2.30. The first kappa shape index (κ1) is 27.1. The summed E-state index contributed by atoms with van der Waals surface area (Å²) in [4.78, 5) is 28.1. The minimum atomic E-state index is -4.38. The van der Waals surface area contributed by atoms with Gasteiger partial charge in [0.1, 0.15) is 0 Å². The molecule has 5 aromatic rings. The number of H-pyrrole nitrogens is 1. The summed E-state index contributed by atoms with van der Waals surface area (Å²) >= 11 is 0. The molecule has 0 radical (unpaired) electrons. The molecule has 2 heterocycles. The van der Waals surface area contributed by atoms with Crippen LogP contribution < -0.4 is 5.56 Å². The summed E-state index contributed by atoms with van der Waals surface area (Å²) in [7, 11) is -4.38. The summed E-state index contributed by atoms with van der Waals surface area (Å²) in [6.07, 6.45) is 5.26. The lowest BCUT2D eigenvalue weighted by Crippen LogP contribution is -2.14. The maximum Gasteiger partial charge on any atom is 0.299 e. The van der Waals surface area contributed by atoms with Gasteiger partial charge >= 0.3 is 0 Å². The average molecular weight is 569 g/mol. The third-order valence-electron chi connectivity index (χ3n) is 5.91. The van der Waals surface area contributed by atoms with E-state index in [-0.39, 0.29) is 27.7 Å². The van der Waals surface area contributed by atoms with Gasteiger partial charge in [-0.3, -0.25) is 29.5 Å². The van der Waals surface area contributed by atoms with Gasteiger partial charge in [-0.15, -0.1) is 5.11 Å². The second-order valence-electron chi connectivity index (χ2n) is 8.63. The van der Waals surface area contributed by atoms with Gasteiger partial charge in [0.25, 0.3) is 21.4 Å². The van der Waals surface area contributed by atoms with Crippen molar-refractivity contribution < 1.29 is 17.9 Å². The number of hydrogen-bond acceptors (Lipinski definition) is 8. The molecule has 0 aliphatic rings. The Hall–Kier alpha value is -5.53. The summed E-state index contributed by atoms with van der Waals surface area (Å²) in [5.41, 5.74) is 2.21. The number of benzene rings is 3. The predicted octanol–water partition coefficient (Wildman–Crippen LogP) is 5.97. The third kappa shape index (κ3) is 6.21. The van der Waals surface area contributed by atoms with E-state index < -0.39 is 20.6 Å². The maximum absolute atomic E-state index is 13.5. The lowest BCUT2D eigenvalue weighted by atomic mass is 10.1. The molecule has 0 saturated heterocycles. The standard InChI is InChI=1S/C28H20N6O6S/c35-28-27(31-30-22-11-16-25(17-12-22)41(38,39)40)26(20-7-13-23(14-8-20)34(36)37)32-33(28)24-15-10-21(29-18-24)9-6-19-4-2-1-3-5-19/h1-18,32H,(H,38,39,40)/b9-6+,31-30?. The molecule has 0 saturated carbocycles. The summed E-state index contributed by atoms with van der Waals surface area (Å²) in [5, 5.41) is 22.2. The van der Waals surface area contributed by atoms with Crippen molar-refractivity contribution >= 4 is 39.3 Å². The van der Waals surface area contributed by atoms with Gasteiger partial charge in [-0.2, -0.15) is 13.5 Å². The first-order chi connectivity index (χ1) is 19.7. The molecule has 0 fully saturated rings. The number of aromatic nitrogens is 3. The number of non-ortho nitro benzene ring substituents is 1. The predicted molar refractivity (Wildman–Crippen MR) is 152 cm³/mol. The normalized spacial score (nSPS) is 11.8. The smallest absolute Gasteiger partial charge is 0.288 e. The Labute approximate surface area is 232 Å². The summed E-state index contributed by atoms with van der Waals surface area (Å²) < 4.78 is 33.0. The molecule has 0 aliphatic heterocycles. The Morgan fingerprint density at radius 2 is 1.61 bits per heavy atom. The van der Waals surface area contributed by atoms with Crippen LogP contribution in [0.4, 0.5) is 17.1 Å². The lowest BCUT2D eigenvalue weighted by Gasteiger charge is -2.02.